The maximum absolute atomic E-state index is 11.9. The van der Waals surface area contributed by atoms with Crippen LogP contribution < -0.4 is 10.6 Å². The lowest BCUT2D eigenvalue weighted by Crippen LogP contribution is -2.47. The van der Waals surface area contributed by atoms with E-state index in [9.17, 15) is 9.59 Å². The molecule has 2 N–H and O–H groups in total. The van der Waals surface area contributed by atoms with Crippen LogP contribution >= 0.6 is 0 Å². The lowest BCUT2D eigenvalue weighted by molar-refractivity contribution is -0.121. The molecule has 1 aliphatic heterocycles. The van der Waals surface area contributed by atoms with Crippen molar-refractivity contribution in [2.75, 3.05) is 13.1 Å². The molecule has 0 aromatic heterocycles. The molecular formula is C16H23N3O2. The highest BCUT2D eigenvalue weighted by molar-refractivity contribution is 5.95. The molecule has 1 heterocycles. The Balaban J connectivity index is 1.80. The Bertz CT molecular complexity index is 516. The van der Waals surface area contributed by atoms with E-state index in [0.29, 0.717) is 0 Å². The standard InChI is InChI=1S/C16H23N3O2/c1-3-12(2)17-16(21)18-15(20)11-19-9-8-13-6-4-5-7-14(13)10-19/h4-7,12H,3,8-11H2,1-2H3,(H2,17,18,20,21)/t12-/m0/s1. The lowest BCUT2D eigenvalue weighted by atomic mass is 10.00. The number of fused-ring (bicyclic) bond motifs is 1. The molecule has 1 atom stereocenters. The van der Waals surface area contributed by atoms with E-state index in [1.807, 2.05) is 26.0 Å². The molecule has 0 saturated heterocycles. The minimum Gasteiger partial charge on any atom is -0.335 e. The van der Waals surface area contributed by atoms with Crippen LogP contribution in [0.2, 0.25) is 0 Å². The molecule has 1 aromatic rings. The van der Waals surface area contributed by atoms with Gasteiger partial charge >= 0.3 is 6.03 Å². The molecule has 5 heteroatoms. The highest BCUT2D eigenvalue weighted by atomic mass is 16.2. The van der Waals surface area contributed by atoms with Crippen molar-refractivity contribution in [3.63, 3.8) is 0 Å². The van der Waals surface area contributed by atoms with Crippen LogP contribution in [0, 0.1) is 0 Å². The number of rotatable bonds is 4. The fourth-order valence-electron chi connectivity index (χ4n) is 2.42. The Hall–Kier alpha value is -1.88. The molecule has 0 bridgehead atoms. The van der Waals surface area contributed by atoms with Gasteiger partial charge in [-0.05, 0) is 30.9 Å². The Morgan fingerprint density at radius 3 is 2.71 bits per heavy atom. The van der Waals surface area contributed by atoms with Crippen LogP contribution in [-0.2, 0) is 17.8 Å². The van der Waals surface area contributed by atoms with Crippen LogP contribution in [0.1, 0.15) is 31.4 Å². The zero-order valence-electron chi connectivity index (χ0n) is 12.7. The molecule has 5 nitrogen and oxygen atoms in total. The maximum Gasteiger partial charge on any atom is 0.321 e. The third kappa shape index (κ3) is 4.56. The molecule has 1 aromatic carbocycles. The second-order valence-corrected chi connectivity index (χ2v) is 5.56. The summed E-state index contributed by atoms with van der Waals surface area (Å²) in [6.45, 7) is 5.75. The van der Waals surface area contributed by atoms with E-state index in [2.05, 4.69) is 27.7 Å². The largest absolute Gasteiger partial charge is 0.335 e. The van der Waals surface area contributed by atoms with Crippen LogP contribution in [0.5, 0.6) is 0 Å². The van der Waals surface area contributed by atoms with Crippen molar-refractivity contribution < 1.29 is 9.59 Å². The smallest absolute Gasteiger partial charge is 0.321 e. The molecule has 0 unspecified atom stereocenters. The van der Waals surface area contributed by atoms with Crippen LogP contribution in [0.4, 0.5) is 4.79 Å². The number of nitrogens with zero attached hydrogens (tertiary/aromatic N) is 1. The summed E-state index contributed by atoms with van der Waals surface area (Å²) < 4.78 is 0. The third-order valence-electron chi connectivity index (χ3n) is 3.82. The van der Waals surface area contributed by atoms with E-state index in [1.165, 1.54) is 11.1 Å². The Kier molecular flexibility index (Phi) is 5.33. The number of carbonyl (C=O) groups is 2. The fraction of sp³-hybridized carbons (Fsp3) is 0.500. The topological polar surface area (TPSA) is 61.4 Å². The molecule has 0 aliphatic carbocycles. The molecule has 3 amide bonds. The first-order valence-corrected chi connectivity index (χ1v) is 7.48. The van der Waals surface area contributed by atoms with Gasteiger partial charge in [-0.3, -0.25) is 15.0 Å². The minimum atomic E-state index is -0.410. The number of amides is 3. The van der Waals surface area contributed by atoms with Crippen molar-refractivity contribution in [2.45, 2.75) is 39.3 Å². The summed E-state index contributed by atoms with van der Waals surface area (Å²) in [6.07, 6.45) is 1.78. The van der Waals surface area contributed by atoms with Gasteiger partial charge in [0.05, 0.1) is 6.54 Å². The van der Waals surface area contributed by atoms with Gasteiger partial charge in [-0.15, -0.1) is 0 Å². The summed E-state index contributed by atoms with van der Waals surface area (Å²) >= 11 is 0. The van der Waals surface area contributed by atoms with Gasteiger partial charge in [-0.2, -0.15) is 0 Å². The van der Waals surface area contributed by atoms with Crippen molar-refractivity contribution in [3.05, 3.63) is 35.4 Å². The summed E-state index contributed by atoms with van der Waals surface area (Å²) in [6, 6.07) is 7.94. The quantitative estimate of drug-likeness (QED) is 0.886. The first-order chi connectivity index (χ1) is 10.1. The average Bonchev–Trinajstić information content (AvgIpc) is 2.46. The van der Waals surface area contributed by atoms with Crippen molar-refractivity contribution >= 4 is 11.9 Å². The minimum absolute atomic E-state index is 0.0691. The number of carbonyl (C=O) groups excluding carboxylic acids is 2. The molecular weight excluding hydrogens is 266 g/mol. The van der Waals surface area contributed by atoms with Crippen molar-refractivity contribution in [2.24, 2.45) is 0 Å². The lowest BCUT2D eigenvalue weighted by Gasteiger charge is -2.28. The summed E-state index contributed by atoms with van der Waals surface area (Å²) in [7, 11) is 0. The zero-order chi connectivity index (χ0) is 15.2. The molecule has 0 radical (unpaired) electrons. The van der Waals surface area contributed by atoms with Gasteiger partial charge < -0.3 is 5.32 Å². The molecule has 2 rings (SSSR count). The van der Waals surface area contributed by atoms with E-state index in [1.54, 1.807) is 0 Å². The normalized spacial score (nSPS) is 15.9. The molecule has 0 spiro atoms. The molecule has 0 saturated carbocycles. The van der Waals surface area contributed by atoms with Crippen molar-refractivity contribution in [1.29, 1.82) is 0 Å². The number of hydrogen-bond donors (Lipinski definition) is 2. The predicted octanol–water partition coefficient (Wildman–Crippen LogP) is 1.67. The zero-order valence-corrected chi connectivity index (χ0v) is 12.7. The number of benzene rings is 1. The van der Waals surface area contributed by atoms with Crippen molar-refractivity contribution in [1.82, 2.24) is 15.5 Å². The van der Waals surface area contributed by atoms with Gasteiger partial charge in [0, 0.05) is 19.1 Å². The van der Waals surface area contributed by atoms with E-state index in [0.717, 1.165) is 25.9 Å². The van der Waals surface area contributed by atoms with Crippen LogP contribution in [0.3, 0.4) is 0 Å². The second kappa shape index (κ2) is 7.22. The van der Waals surface area contributed by atoms with Crippen LogP contribution in [-0.4, -0.2) is 36.0 Å². The Labute approximate surface area is 125 Å². The van der Waals surface area contributed by atoms with Gasteiger partial charge in [0.2, 0.25) is 5.91 Å². The van der Waals surface area contributed by atoms with Crippen LogP contribution in [0.15, 0.2) is 24.3 Å². The SMILES string of the molecule is CC[C@H](C)NC(=O)NC(=O)CN1CCc2ccccc2C1. The third-order valence-corrected chi connectivity index (χ3v) is 3.82. The first kappa shape index (κ1) is 15.5. The number of nitrogens with one attached hydrogen (secondary N) is 2. The monoisotopic (exact) mass is 289 g/mol. The van der Waals surface area contributed by atoms with Crippen LogP contribution in [0.25, 0.3) is 0 Å². The van der Waals surface area contributed by atoms with Gasteiger partial charge in [-0.25, -0.2) is 4.79 Å². The van der Waals surface area contributed by atoms with E-state index >= 15 is 0 Å². The predicted molar refractivity (Wildman–Crippen MR) is 81.9 cm³/mol. The average molecular weight is 289 g/mol. The fourth-order valence-corrected chi connectivity index (χ4v) is 2.42. The Morgan fingerprint density at radius 1 is 1.29 bits per heavy atom. The summed E-state index contributed by atoms with van der Waals surface area (Å²) in [5.74, 6) is -0.254. The molecule has 0 fully saturated rings. The van der Waals surface area contributed by atoms with E-state index < -0.39 is 6.03 Å². The van der Waals surface area contributed by atoms with Gasteiger partial charge in [-0.1, -0.05) is 31.2 Å². The van der Waals surface area contributed by atoms with Gasteiger partial charge in [0.15, 0.2) is 0 Å². The van der Waals surface area contributed by atoms with Gasteiger partial charge in [0.25, 0.3) is 0 Å². The number of hydrogen-bond acceptors (Lipinski definition) is 3. The van der Waals surface area contributed by atoms with E-state index in [-0.39, 0.29) is 18.5 Å². The number of urea groups is 1. The van der Waals surface area contributed by atoms with Gasteiger partial charge in [0.1, 0.15) is 0 Å². The summed E-state index contributed by atoms with van der Waals surface area (Å²) in [5, 5.41) is 5.11. The van der Waals surface area contributed by atoms with E-state index in [4.69, 9.17) is 0 Å². The molecule has 114 valence electrons. The molecule has 21 heavy (non-hydrogen) atoms. The first-order valence-electron chi connectivity index (χ1n) is 7.48. The Morgan fingerprint density at radius 2 is 2.00 bits per heavy atom. The highest BCUT2D eigenvalue weighted by Gasteiger charge is 2.19. The highest BCUT2D eigenvalue weighted by Crippen LogP contribution is 2.17. The van der Waals surface area contributed by atoms with Crippen molar-refractivity contribution in [3.8, 4) is 0 Å². The maximum atomic E-state index is 11.9. The molecule has 1 aliphatic rings. The number of imide groups is 1. The summed E-state index contributed by atoms with van der Waals surface area (Å²) in [5.41, 5.74) is 2.62. The summed E-state index contributed by atoms with van der Waals surface area (Å²) in [4.78, 5) is 25.6. The second-order valence-electron chi connectivity index (χ2n) is 5.56.